The zero-order chi connectivity index (χ0) is 9.68. The van der Waals surface area contributed by atoms with Gasteiger partial charge in [-0.2, -0.15) is 0 Å². The van der Waals surface area contributed by atoms with E-state index in [2.05, 4.69) is 20.7 Å². The monoisotopic (exact) mass is 261 g/mol. The molecule has 0 heterocycles. The van der Waals surface area contributed by atoms with Gasteiger partial charge in [0.05, 0.1) is 5.69 Å². The minimum atomic E-state index is -0.961. The van der Waals surface area contributed by atoms with Crippen LogP contribution in [0.1, 0.15) is 13.3 Å². The van der Waals surface area contributed by atoms with Crippen LogP contribution in [0.3, 0.4) is 0 Å². The van der Waals surface area contributed by atoms with Crippen molar-refractivity contribution in [2.75, 3.05) is 10.5 Å². The molecule has 4 heteroatoms. The third-order valence-corrected chi connectivity index (χ3v) is 3.41. The van der Waals surface area contributed by atoms with Gasteiger partial charge in [0, 0.05) is 10.2 Å². The van der Waals surface area contributed by atoms with Crippen molar-refractivity contribution >= 4 is 32.6 Å². The zero-order valence-electron chi connectivity index (χ0n) is 7.42. The van der Waals surface area contributed by atoms with Crippen molar-refractivity contribution in [2.24, 2.45) is 0 Å². The molecule has 0 saturated heterocycles. The van der Waals surface area contributed by atoms with Gasteiger partial charge in [0.25, 0.3) is 0 Å². The molecule has 0 bridgehead atoms. The number of hydrogen-bond acceptors (Lipinski definition) is 1. The number of halogens is 1. The lowest BCUT2D eigenvalue weighted by atomic mass is 10.3. The number of rotatable bonds is 4. The molecule has 72 valence electrons. The Balaban J connectivity index is 2.63. The van der Waals surface area contributed by atoms with Crippen LogP contribution in [0.4, 0.5) is 5.69 Å². The molecule has 0 radical (unpaired) electrons. The lowest BCUT2D eigenvalue weighted by Gasteiger charge is -2.06. The molecule has 1 aromatic rings. The van der Waals surface area contributed by atoms with Crippen molar-refractivity contribution in [3.05, 3.63) is 28.7 Å². The normalized spacial score (nSPS) is 12.5. The minimum Gasteiger partial charge on any atom is -0.304 e. The molecule has 0 amide bonds. The third kappa shape index (κ3) is 3.48. The van der Waals surface area contributed by atoms with Gasteiger partial charge in [-0.05, 0) is 34.5 Å². The van der Waals surface area contributed by atoms with Gasteiger partial charge in [-0.3, -0.25) is 0 Å². The van der Waals surface area contributed by atoms with E-state index in [1.165, 1.54) is 0 Å². The summed E-state index contributed by atoms with van der Waals surface area (Å²) >= 11 is 3.38. The smallest absolute Gasteiger partial charge is 0.117 e. The van der Waals surface area contributed by atoms with Crippen LogP contribution >= 0.6 is 15.9 Å². The van der Waals surface area contributed by atoms with Gasteiger partial charge < -0.3 is 4.72 Å². The topological polar surface area (TPSA) is 29.1 Å². The molecule has 1 aromatic carbocycles. The molecule has 13 heavy (non-hydrogen) atoms. The molecular formula is C9H12BrNOS. The van der Waals surface area contributed by atoms with Crippen LogP contribution < -0.4 is 4.72 Å². The van der Waals surface area contributed by atoms with Gasteiger partial charge in [0.15, 0.2) is 0 Å². The molecule has 1 N–H and O–H groups in total. The summed E-state index contributed by atoms with van der Waals surface area (Å²) in [4.78, 5) is 0. The predicted octanol–water partition coefficient (Wildman–Crippen LogP) is 2.93. The van der Waals surface area contributed by atoms with E-state index in [9.17, 15) is 4.21 Å². The van der Waals surface area contributed by atoms with Crippen molar-refractivity contribution < 1.29 is 4.21 Å². The van der Waals surface area contributed by atoms with E-state index in [0.717, 1.165) is 16.6 Å². The van der Waals surface area contributed by atoms with Crippen molar-refractivity contribution in [1.82, 2.24) is 0 Å². The fourth-order valence-corrected chi connectivity index (χ4v) is 2.31. The van der Waals surface area contributed by atoms with E-state index in [1.807, 2.05) is 31.2 Å². The highest BCUT2D eigenvalue weighted by atomic mass is 79.9. The van der Waals surface area contributed by atoms with Crippen molar-refractivity contribution in [3.8, 4) is 0 Å². The molecular weight excluding hydrogens is 250 g/mol. The Morgan fingerprint density at radius 3 is 2.77 bits per heavy atom. The summed E-state index contributed by atoms with van der Waals surface area (Å²) in [7, 11) is -0.961. The van der Waals surface area contributed by atoms with E-state index in [0.29, 0.717) is 5.75 Å². The minimum absolute atomic E-state index is 0.682. The highest BCUT2D eigenvalue weighted by Gasteiger charge is 2.01. The molecule has 1 unspecified atom stereocenters. The second-order valence-corrected chi connectivity index (χ2v) is 4.79. The Morgan fingerprint density at radius 1 is 1.46 bits per heavy atom. The Hall–Kier alpha value is -0.350. The first-order valence-electron chi connectivity index (χ1n) is 4.13. The number of anilines is 1. The molecule has 0 fully saturated rings. The molecule has 1 atom stereocenters. The summed E-state index contributed by atoms with van der Waals surface area (Å²) in [6, 6.07) is 7.66. The molecule has 0 aliphatic heterocycles. The van der Waals surface area contributed by atoms with E-state index >= 15 is 0 Å². The first-order valence-corrected chi connectivity index (χ1v) is 6.24. The fraction of sp³-hybridized carbons (Fsp3) is 0.333. The van der Waals surface area contributed by atoms with Crippen molar-refractivity contribution in [2.45, 2.75) is 13.3 Å². The first-order chi connectivity index (χ1) is 6.24. The Morgan fingerprint density at radius 2 is 2.15 bits per heavy atom. The number of benzene rings is 1. The SMILES string of the molecule is CCCS(=O)Nc1ccccc1Br. The van der Waals surface area contributed by atoms with Crippen molar-refractivity contribution in [1.29, 1.82) is 0 Å². The largest absolute Gasteiger partial charge is 0.304 e. The third-order valence-electron chi connectivity index (χ3n) is 1.49. The van der Waals surface area contributed by atoms with Crippen LogP contribution in [0.5, 0.6) is 0 Å². The van der Waals surface area contributed by atoms with Crippen LogP contribution in [-0.4, -0.2) is 9.96 Å². The Bertz CT molecular complexity index is 303. The van der Waals surface area contributed by atoms with E-state index in [4.69, 9.17) is 0 Å². The second-order valence-electron chi connectivity index (χ2n) is 2.63. The zero-order valence-corrected chi connectivity index (χ0v) is 9.82. The summed E-state index contributed by atoms with van der Waals surface area (Å²) in [6.45, 7) is 2.01. The summed E-state index contributed by atoms with van der Waals surface area (Å²) in [5, 5.41) is 0. The molecule has 0 saturated carbocycles. The average Bonchev–Trinajstić information content (AvgIpc) is 2.09. The first kappa shape index (κ1) is 10.7. The highest BCUT2D eigenvalue weighted by molar-refractivity contribution is 9.10. The van der Waals surface area contributed by atoms with E-state index in [-0.39, 0.29) is 0 Å². The maximum atomic E-state index is 11.3. The maximum Gasteiger partial charge on any atom is 0.117 e. The van der Waals surface area contributed by atoms with Crippen LogP contribution in [0.25, 0.3) is 0 Å². The molecule has 2 nitrogen and oxygen atoms in total. The van der Waals surface area contributed by atoms with Gasteiger partial charge >= 0.3 is 0 Å². The predicted molar refractivity (Wildman–Crippen MR) is 61.1 cm³/mol. The highest BCUT2D eigenvalue weighted by Crippen LogP contribution is 2.21. The van der Waals surface area contributed by atoms with Crippen LogP contribution in [-0.2, 0) is 11.0 Å². The summed E-state index contributed by atoms with van der Waals surface area (Å²) in [5.41, 5.74) is 0.884. The summed E-state index contributed by atoms with van der Waals surface area (Å²) in [6.07, 6.45) is 0.921. The van der Waals surface area contributed by atoms with Gasteiger partial charge in [-0.1, -0.05) is 19.1 Å². The molecule has 1 rings (SSSR count). The fourth-order valence-electron chi connectivity index (χ4n) is 0.903. The number of hydrogen-bond donors (Lipinski definition) is 1. The van der Waals surface area contributed by atoms with Gasteiger partial charge in [0.2, 0.25) is 0 Å². The van der Waals surface area contributed by atoms with Crippen molar-refractivity contribution in [3.63, 3.8) is 0 Å². The summed E-state index contributed by atoms with van der Waals surface area (Å²) < 4.78 is 15.2. The van der Waals surface area contributed by atoms with Crippen LogP contribution in [0.2, 0.25) is 0 Å². The van der Waals surface area contributed by atoms with Gasteiger partial charge in [0.1, 0.15) is 11.0 Å². The van der Waals surface area contributed by atoms with Crippen LogP contribution in [0, 0.1) is 0 Å². The summed E-state index contributed by atoms with van der Waals surface area (Å²) in [5.74, 6) is 0.682. The molecule has 0 aromatic heterocycles. The molecule has 0 aliphatic carbocycles. The Kier molecular flexibility index (Phi) is 4.45. The van der Waals surface area contributed by atoms with Crippen LogP contribution in [0.15, 0.2) is 28.7 Å². The average molecular weight is 262 g/mol. The van der Waals surface area contributed by atoms with Gasteiger partial charge in [-0.15, -0.1) is 0 Å². The molecule has 0 spiro atoms. The number of para-hydroxylation sites is 1. The Labute approximate surface area is 89.5 Å². The number of nitrogens with one attached hydrogen (secondary N) is 1. The van der Waals surface area contributed by atoms with E-state index in [1.54, 1.807) is 0 Å². The second kappa shape index (κ2) is 5.40. The maximum absolute atomic E-state index is 11.3. The van der Waals surface area contributed by atoms with E-state index < -0.39 is 11.0 Å². The quantitative estimate of drug-likeness (QED) is 0.888. The standard InChI is InChI=1S/C9H12BrNOS/c1-2-7-13(12)11-9-6-4-3-5-8(9)10/h3-6,11H,2,7H2,1H3. The van der Waals surface area contributed by atoms with Gasteiger partial charge in [-0.25, -0.2) is 4.21 Å². The molecule has 0 aliphatic rings. The lowest BCUT2D eigenvalue weighted by Crippen LogP contribution is -2.07. The lowest BCUT2D eigenvalue weighted by molar-refractivity contribution is 0.685.